The van der Waals surface area contributed by atoms with Gasteiger partial charge in [-0.25, -0.2) is 0 Å². The largest absolute Gasteiger partial charge is 0.381 e. The Morgan fingerprint density at radius 3 is 2.56 bits per heavy atom. The summed E-state index contributed by atoms with van der Waals surface area (Å²) >= 11 is 0. The Morgan fingerprint density at radius 2 is 1.88 bits per heavy atom. The summed E-state index contributed by atoms with van der Waals surface area (Å²) in [6, 6.07) is 0. The Balaban J connectivity index is 1.56. The summed E-state index contributed by atoms with van der Waals surface area (Å²) in [5.74, 6) is 1.02. The van der Waals surface area contributed by atoms with Crippen molar-refractivity contribution < 1.29 is 4.74 Å². The van der Waals surface area contributed by atoms with E-state index in [1.54, 1.807) is 0 Å². The third-order valence-corrected chi connectivity index (χ3v) is 4.46. The van der Waals surface area contributed by atoms with E-state index in [0.717, 1.165) is 19.1 Å². The smallest absolute Gasteiger partial charge is 0.0471 e. The molecule has 0 unspecified atom stereocenters. The van der Waals surface area contributed by atoms with Crippen LogP contribution in [0.3, 0.4) is 0 Å². The maximum Gasteiger partial charge on any atom is 0.0471 e. The van der Waals surface area contributed by atoms with Crippen molar-refractivity contribution in [2.24, 2.45) is 11.3 Å². The zero-order valence-corrected chi connectivity index (χ0v) is 10.8. The number of hydrogen-bond acceptors (Lipinski definition) is 2. The number of hydrogen-bond donors (Lipinski definition) is 1. The summed E-state index contributed by atoms with van der Waals surface area (Å²) < 4.78 is 5.42. The van der Waals surface area contributed by atoms with E-state index in [-0.39, 0.29) is 0 Å². The van der Waals surface area contributed by atoms with Crippen LogP contribution in [0.4, 0.5) is 0 Å². The first-order valence-electron chi connectivity index (χ1n) is 7.07. The maximum atomic E-state index is 5.42. The van der Waals surface area contributed by atoms with Crippen LogP contribution in [-0.4, -0.2) is 26.3 Å². The van der Waals surface area contributed by atoms with Crippen molar-refractivity contribution in [3.63, 3.8) is 0 Å². The standard InChI is InChI=1S/C14H27NO/c1-14(7-10-16-11-8-14)12-15-9-6-13-4-2-3-5-13/h13,15H,2-12H2,1H3. The van der Waals surface area contributed by atoms with Crippen molar-refractivity contribution in [2.45, 2.75) is 51.9 Å². The highest BCUT2D eigenvalue weighted by atomic mass is 16.5. The van der Waals surface area contributed by atoms with Crippen molar-refractivity contribution in [3.05, 3.63) is 0 Å². The van der Waals surface area contributed by atoms with Crippen LogP contribution >= 0.6 is 0 Å². The lowest BCUT2D eigenvalue weighted by Crippen LogP contribution is -2.37. The van der Waals surface area contributed by atoms with E-state index in [0.29, 0.717) is 5.41 Å². The molecule has 16 heavy (non-hydrogen) atoms. The van der Waals surface area contributed by atoms with Crippen molar-refractivity contribution in [2.75, 3.05) is 26.3 Å². The molecule has 2 nitrogen and oxygen atoms in total. The first-order chi connectivity index (χ1) is 7.79. The Bertz CT molecular complexity index is 193. The lowest BCUT2D eigenvalue weighted by Gasteiger charge is -2.33. The minimum atomic E-state index is 0.494. The minimum absolute atomic E-state index is 0.494. The number of nitrogens with one attached hydrogen (secondary N) is 1. The van der Waals surface area contributed by atoms with Gasteiger partial charge in [0.15, 0.2) is 0 Å². The Hall–Kier alpha value is -0.0800. The number of rotatable bonds is 5. The second kappa shape index (κ2) is 6.02. The quantitative estimate of drug-likeness (QED) is 0.726. The van der Waals surface area contributed by atoms with Crippen LogP contribution in [0.25, 0.3) is 0 Å². The molecule has 2 aliphatic rings. The summed E-state index contributed by atoms with van der Waals surface area (Å²) in [7, 11) is 0. The van der Waals surface area contributed by atoms with E-state index >= 15 is 0 Å². The van der Waals surface area contributed by atoms with Crippen LogP contribution in [0.5, 0.6) is 0 Å². The predicted molar refractivity (Wildman–Crippen MR) is 67.6 cm³/mol. The molecule has 0 bridgehead atoms. The lowest BCUT2D eigenvalue weighted by molar-refractivity contribution is 0.0241. The SMILES string of the molecule is CC1(CNCCC2CCCC2)CCOCC1. The molecule has 1 aliphatic carbocycles. The molecule has 0 radical (unpaired) electrons. The highest BCUT2D eigenvalue weighted by Crippen LogP contribution is 2.29. The summed E-state index contributed by atoms with van der Waals surface area (Å²) in [6.07, 6.45) is 9.75. The first kappa shape index (κ1) is 12.4. The summed E-state index contributed by atoms with van der Waals surface area (Å²) in [4.78, 5) is 0. The van der Waals surface area contributed by atoms with Gasteiger partial charge in [-0.3, -0.25) is 0 Å². The van der Waals surface area contributed by atoms with Gasteiger partial charge in [0.25, 0.3) is 0 Å². The topological polar surface area (TPSA) is 21.3 Å². The van der Waals surface area contributed by atoms with E-state index in [2.05, 4.69) is 12.2 Å². The molecule has 2 heteroatoms. The molecule has 1 saturated heterocycles. The zero-order valence-electron chi connectivity index (χ0n) is 10.8. The second-order valence-electron chi connectivity index (χ2n) is 6.04. The monoisotopic (exact) mass is 225 g/mol. The van der Waals surface area contributed by atoms with Crippen LogP contribution in [0.2, 0.25) is 0 Å². The van der Waals surface area contributed by atoms with Gasteiger partial charge in [-0.15, -0.1) is 0 Å². The van der Waals surface area contributed by atoms with Crippen molar-refractivity contribution in [1.29, 1.82) is 0 Å². The van der Waals surface area contributed by atoms with E-state index in [4.69, 9.17) is 4.74 Å². The number of ether oxygens (including phenoxy) is 1. The Labute approximate surface area is 100 Å². The molecule has 0 amide bonds. The van der Waals surface area contributed by atoms with Gasteiger partial charge in [0.1, 0.15) is 0 Å². The van der Waals surface area contributed by atoms with Crippen LogP contribution < -0.4 is 5.32 Å². The average molecular weight is 225 g/mol. The van der Waals surface area contributed by atoms with Gasteiger partial charge in [-0.05, 0) is 37.1 Å². The predicted octanol–water partition coefficient (Wildman–Crippen LogP) is 2.97. The summed E-state index contributed by atoms with van der Waals surface area (Å²) in [6.45, 7) is 6.73. The lowest BCUT2D eigenvalue weighted by atomic mass is 9.82. The molecule has 0 aromatic carbocycles. The summed E-state index contributed by atoms with van der Waals surface area (Å²) in [5.41, 5.74) is 0.494. The van der Waals surface area contributed by atoms with Gasteiger partial charge >= 0.3 is 0 Å². The van der Waals surface area contributed by atoms with Gasteiger partial charge in [0.05, 0.1) is 0 Å². The average Bonchev–Trinajstić information content (AvgIpc) is 2.78. The van der Waals surface area contributed by atoms with Crippen LogP contribution in [0.15, 0.2) is 0 Å². The fraction of sp³-hybridized carbons (Fsp3) is 1.00. The molecular weight excluding hydrogens is 198 g/mol. The highest BCUT2D eigenvalue weighted by Gasteiger charge is 2.26. The Kier molecular flexibility index (Phi) is 4.66. The third kappa shape index (κ3) is 3.74. The Morgan fingerprint density at radius 1 is 1.19 bits per heavy atom. The molecule has 1 heterocycles. The van der Waals surface area contributed by atoms with Gasteiger partial charge < -0.3 is 10.1 Å². The zero-order chi connectivity index (χ0) is 11.3. The molecule has 0 aromatic rings. The van der Waals surface area contributed by atoms with Crippen molar-refractivity contribution >= 4 is 0 Å². The van der Waals surface area contributed by atoms with Crippen molar-refractivity contribution in [1.82, 2.24) is 5.32 Å². The molecule has 1 aliphatic heterocycles. The normalized spacial score (nSPS) is 26.1. The first-order valence-corrected chi connectivity index (χ1v) is 7.07. The van der Waals surface area contributed by atoms with E-state index in [1.165, 1.54) is 58.0 Å². The van der Waals surface area contributed by atoms with E-state index < -0.39 is 0 Å². The summed E-state index contributed by atoms with van der Waals surface area (Å²) in [5, 5.41) is 3.67. The van der Waals surface area contributed by atoms with E-state index in [9.17, 15) is 0 Å². The molecule has 0 spiro atoms. The van der Waals surface area contributed by atoms with E-state index in [1.807, 2.05) is 0 Å². The molecule has 2 rings (SSSR count). The highest BCUT2D eigenvalue weighted by molar-refractivity contribution is 4.79. The molecule has 1 N–H and O–H groups in total. The molecule has 2 fully saturated rings. The molecule has 0 atom stereocenters. The van der Waals surface area contributed by atoms with Gasteiger partial charge in [0.2, 0.25) is 0 Å². The van der Waals surface area contributed by atoms with Crippen molar-refractivity contribution in [3.8, 4) is 0 Å². The van der Waals surface area contributed by atoms with Crippen LogP contribution in [0, 0.1) is 11.3 Å². The molecular formula is C14H27NO. The van der Waals surface area contributed by atoms with Gasteiger partial charge in [-0.2, -0.15) is 0 Å². The fourth-order valence-electron chi connectivity index (χ4n) is 3.04. The third-order valence-electron chi connectivity index (χ3n) is 4.46. The van der Waals surface area contributed by atoms with Crippen LogP contribution in [0.1, 0.15) is 51.9 Å². The van der Waals surface area contributed by atoms with Crippen LogP contribution in [-0.2, 0) is 4.74 Å². The molecule has 94 valence electrons. The maximum absolute atomic E-state index is 5.42. The second-order valence-corrected chi connectivity index (χ2v) is 6.04. The molecule has 0 aromatic heterocycles. The van der Waals surface area contributed by atoms with Gasteiger partial charge in [0, 0.05) is 19.8 Å². The fourth-order valence-corrected chi connectivity index (χ4v) is 3.04. The van der Waals surface area contributed by atoms with Gasteiger partial charge in [-0.1, -0.05) is 32.6 Å². The molecule has 1 saturated carbocycles. The minimum Gasteiger partial charge on any atom is -0.381 e.